The molecule has 1 heterocycles. The van der Waals surface area contributed by atoms with Crippen molar-refractivity contribution < 1.29 is 27.5 Å². The number of rotatable bonds is 6. The fraction of sp³-hybridized carbons (Fsp3) is 0.556. The average Bonchev–Trinajstić information content (AvgIpc) is 2.92. The molecule has 2 rings (SSSR count). The minimum Gasteiger partial charge on any atom is -0.481 e. The second kappa shape index (κ2) is 8.48. The van der Waals surface area contributed by atoms with Gasteiger partial charge in [-0.05, 0) is 50.5 Å². The number of carbonyl (C=O) groups excluding carboxylic acids is 2. The molecule has 1 aliphatic heterocycles. The van der Waals surface area contributed by atoms with Gasteiger partial charge >= 0.3 is 5.97 Å². The number of carbonyl (C=O) groups is 2. The molecule has 1 amide bonds. The van der Waals surface area contributed by atoms with E-state index in [1.54, 1.807) is 12.1 Å². The predicted octanol–water partition coefficient (Wildman–Crippen LogP) is 1.91. The predicted molar refractivity (Wildman–Crippen MR) is 102 cm³/mol. The van der Waals surface area contributed by atoms with Crippen molar-refractivity contribution in [1.29, 1.82) is 0 Å². The van der Waals surface area contributed by atoms with Gasteiger partial charge in [0, 0.05) is 18.1 Å². The summed E-state index contributed by atoms with van der Waals surface area (Å²) in [5, 5.41) is 0.580. The summed E-state index contributed by atoms with van der Waals surface area (Å²) in [4.78, 5) is 25.8. The summed E-state index contributed by atoms with van der Waals surface area (Å²) < 4.78 is 33.8. The van der Waals surface area contributed by atoms with E-state index in [1.807, 2.05) is 13.8 Å². The molecule has 0 spiro atoms. The van der Waals surface area contributed by atoms with Gasteiger partial charge < -0.3 is 14.4 Å². The van der Waals surface area contributed by atoms with Crippen molar-refractivity contribution in [1.82, 2.24) is 4.90 Å². The Morgan fingerprint density at radius 2 is 1.89 bits per heavy atom. The summed E-state index contributed by atoms with van der Waals surface area (Å²) in [6, 6.07) is 3.07. The summed E-state index contributed by atoms with van der Waals surface area (Å²) in [5.74, 6) is -0.574. The maximum absolute atomic E-state index is 12.4. The molecular weight excluding hydrogens is 394 g/mol. The van der Waals surface area contributed by atoms with Gasteiger partial charge in [-0.2, -0.15) is 0 Å². The smallest absolute Gasteiger partial charge is 0.344 e. The Morgan fingerprint density at radius 3 is 2.41 bits per heavy atom. The second-order valence-electron chi connectivity index (χ2n) is 6.80. The quantitative estimate of drug-likeness (QED) is 0.657. The first-order valence-corrected chi connectivity index (χ1v) is 10.8. The van der Waals surface area contributed by atoms with Crippen LogP contribution in [0.4, 0.5) is 0 Å². The van der Waals surface area contributed by atoms with Crippen LogP contribution in [0.3, 0.4) is 0 Å². The van der Waals surface area contributed by atoms with Crippen LogP contribution in [0.2, 0.25) is 5.02 Å². The highest BCUT2D eigenvalue weighted by molar-refractivity contribution is 7.91. The van der Waals surface area contributed by atoms with Crippen molar-refractivity contribution in [2.24, 2.45) is 0 Å². The van der Waals surface area contributed by atoms with Crippen molar-refractivity contribution in [3.05, 3.63) is 28.3 Å². The number of benzene rings is 1. The molecule has 1 fully saturated rings. The molecule has 0 aliphatic carbocycles. The molecule has 0 radical (unpaired) electrons. The van der Waals surface area contributed by atoms with Crippen LogP contribution in [-0.4, -0.2) is 62.5 Å². The van der Waals surface area contributed by atoms with Crippen LogP contribution < -0.4 is 4.74 Å². The molecule has 9 heteroatoms. The van der Waals surface area contributed by atoms with E-state index in [0.29, 0.717) is 17.2 Å². The molecule has 27 heavy (non-hydrogen) atoms. The molecule has 1 aliphatic rings. The molecule has 0 bridgehead atoms. The van der Waals surface area contributed by atoms with Gasteiger partial charge in [0.05, 0.1) is 11.5 Å². The lowest BCUT2D eigenvalue weighted by atomic mass is 10.1. The Kier molecular flexibility index (Phi) is 6.75. The van der Waals surface area contributed by atoms with Gasteiger partial charge in [-0.1, -0.05) is 11.6 Å². The van der Waals surface area contributed by atoms with Crippen LogP contribution in [-0.2, 0) is 24.2 Å². The van der Waals surface area contributed by atoms with Crippen molar-refractivity contribution in [3.63, 3.8) is 0 Å². The van der Waals surface area contributed by atoms with Crippen LogP contribution in [0.15, 0.2) is 12.1 Å². The molecular formula is C18H24ClNO6S. The van der Waals surface area contributed by atoms with Gasteiger partial charge in [-0.15, -0.1) is 0 Å². The number of amides is 1. The number of nitrogens with zero attached hydrogens (tertiary/aromatic N) is 1. The molecule has 2 atom stereocenters. The number of aryl methyl sites for hydroxylation is 2. The van der Waals surface area contributed by atoms with E-state index in [2.05, 4.69) is 0 Å². The fourth-order valence-electron chi connectivity index (χ4n) is 3.09. The Morgan fingerprint density at radius 1 is 1.30 bits per heavy atom. The summed E-state index contributed by atoms with van der Waals surface area (Å²) in [5.41, 5.74) is 1.58. The number of hydrogen-bond acceptors (Lipinski definition) is 6. The third-order valence-corrected chi connectivity index (χ3v) is 6.49. The van der Waals surface area contributed by atoms with Gasteiger partial charge in [0.15, 0.2) is 22.5 Å². The Bertz CT molecular complexity index is 815. The van der Waals surface area contributed by atoms with Crippen LogP contribution in [0, 0.1) is 13.8 Å². The first-order chi connectivity index (χ1) is 12.5. The number of sulfone groups is 1. The van der Waals surface area contributed by atoms with Crippen molar-refractivity contribution >= 4 is 33.3 Å². The molecule has 150 valence electrons. The minimum atomic E-state index is -3.10. The normalized spacial score (nSPS) is 19.4. The fourth-order valence-corrected chi connectivity index (χ4v) is 5.19. The van der Waals surface area contributed by atoms with Gasteiger partial charge in [0.25, 0.3) is 5.91 Å². The Balaban J connectivity index is 1.89. The van der Waals surface area contributed by atoms with E-state index in [-0.39, 0.29) is 24.2 Å². The van der Waals surface area contributed by atoms with Crippen LogP contribution in [0.5, 0.6) is 5.75 Å². The lowest BCUT2D eigenvalue weighted by molar-refractivity contribution is -0.160. The molecule has 0 aromatic heterocycles. The molecule has 0 saturated carbocycles. The SMILES string of the molecule is Cc1cc(Cl)cc(C)c1OCC(=O)O[C@H](C)C(=O)N(C)[C@@H]1CCS(=O)(=O)C1. The lowest BCUT2D eigenvalue weighted by Gasteiger charge is -2.26. The van der Waals surface area contributed by atoms with Crippen LogP contribution >= 0.6 is 11.6 Å². The van der Waals surface area contributed by atoms with Crippen molar-refractivity contribution in [2.45, 2.75) is 39.3 Å². The summed E-state index contributed by atoms with van der Waals surface area (Å²) in [7, 11) is -1.58. The van der Waals surface area contributed by atoms with E-state index < -0.39 is 27.8 Å². The van der Waals surface area contributed by atoms with Crippen molar-refractivity contribution in [3.8, 4) is 5.75 Å². The van der Waals surface area contributed by atoms with E-state index >= 15 is 0 Å². The average molecular weight is 418 g/mol. The van der Waals surface area contributed by atoms with E-state index in [1.165, 1.54) is 18.9 Å². The highest BCUT2D eigenvalue weighted by Crippen LogP contribution is 2.27. The van der Waals surface area contributed by atoms with E-state index in [4.69, 9.17) is 21.1 Å². The van der Waals surface area contributed by atoms with Crippen LogP contribution in [0.25, 0.3) is 0 Å². The molecule has 7 nitrogen and oxygen atoms in total. The highest BCUT2D eigenvalue weighted by atomic mass is 35.5. The number of hydrogen-bond donors (Lipinski definition) is 0. The van der Waals surface area contributed by atoms with Gasteiger partial charge in [-0.3, -0.25) is 4.79 Å². The third kappa shape index (κ3) is 5.59. The summed E-state index contributed by atoms with van der Waals surface area (Å²) in [6.07, 6.45) is -0.634. The molecule has 0 N–H and O–H groups in total. The Hall–Kier alpha value is -1.80. The zero-order valence-electron chi connectivity index (χ0n) is 15.8. The minimum absolute atomic E-state index is 0.0614. The van der Waals surface area contributed by atoms with Gasteiger partial charge in [-0.25, -0.2) is 13.2 Å². The zero-order valence-corrected chi connectivity index (χ0v) is 17.4. The largest absolute Gasteiger partial charge is 0.481 e. The highest BCUT2D eigenvalue weighted by Gasteiger charge is 2.34. The van der Waals surface area contributed by atoms with Gasteiger partial charge in [0.2, 0.25) is 0 Å². The third-order valence-electron chi connectivity index (χ3n) is 4.52. The van der Waals surface area contributed by atoms with E-state index in [9.17, 15) is 18.0 Å². The summed E-state index contributed by atoms with van der Waals surface area (Å²) in [6.45, 7) is 4.74. The first kappa shape index (κ1) is 21.5. The number of likely N-dealkylation sites (N-methyl/N-ethyl adjacent to an activating group) is 1. The van der Waals surface area contributed by atoms with E-state index in [0.717, 1.165) is 11.1 Å². The number of halogens is 1. The first-order valence-electron chi connectivity index (χ1n) is 8.56. The summed E-state index contributed by atoms with van der Waals surface area (Å²) >= 11 is 5.96. The van der Waals surface area contributed by atoms with Crippen LogP contribution in [0.1, 0.15) is 24.5 Å². The van der Waals surface area contributed by atoms with Crippen molar-refractivity contribution in [2.75, 3.05) is 25.2 Å². The number of ether oxygens (including phenoxy) is 2. The topological polar surface area (TPSA) is 90.0 Å². The maximum Gasteiger partial charge on any atom is 0.344 e. The number of esters is 1. The monoisotopic (exact) mass is 417 g/mol. The molecule has 1 aromatic carbocycles. The maximum atomic E-state index is 12.4. The second-order valence-corrected chi connectivity index (χ2v) is 9.46. The Labute approximate surface area is 164 Å². The van der Waals surface area contributed by atoms with Gasteiger partial charge in [0.1, 0.15) is 5.75 Å². The lowest BCUT2D eigenvalue weighted by Crippen LogP contribution is -2.44. The molecule has 1 saturated heterocycles. The molecule has 0 unspecified atom stereocenters. The zero-order chi connectivity index (χ0) is 20.4. The molecule has 1 aromatic rings. The standard InChI is InChI=1S/C18H24ClNO6S/c1-11-7-14(19)8-12(2)17(11)25-9-16(21)26-13(3)18(22)20(4)15-5-6-27(23,24)10-15/h7-8,13,15H,5-6,9-10H2,1-4H3/t13-,15-/m1/s1.